The second-order valence-electron chi connectivity index (χ2n) is 3.70. The Balaban J connectivity index is 0.00000162. The summed E-state index contributed by atoms with van der Waals surface area (Å²) in [5.74, 6) is -0.291. The van der Waals surface area contributed by atoms with Crippen LogP contribution in [0.2, 0.25) is 0 Å². The smallest absolute Gasteiger partial charge is 0.307 e. The molecule has 1 aromatic heterocycles. The summed E-state index contributed by atoms with van der Waals surface area (Å²) in [5, 5.41) is 0. The van der Waals surface area contributed by atoms with Crippen LogP contribution in [0.1, 0.15) is 24.9 Å². The third-order valence-electron chi connectivity index (χ3n) is 2.47. The van der Waals surface area contributed by atoms with Crippen molar-refractivity contribution in [2.24, 2.45) is 5.73 Å². The monoisotopic (exact) mass is 270 g/mol. The Bertz CT molecular complexity index is 527. The summed E-state index contributed by atoms with van der Waals surface area (Å²) >= 11 is 0. The van der Waals surface area contributed by atoms with Crippen molar-refractivity contribution in [3.63, 3.8) is 0 Å². The van der Waals surface area contributed by atoms with Gasteiger partial charge >= 0.3 is 5.97 Å². The zero-order valence-corrected chi connectivity index (χ0v) is 10.8. The number of hydrogen-bond acceptors (Lipinski definition) is 5. The quantitative estimate of drug-likeness (QED) is 0.862. The normalized spacial score (nSPS) is 11.9. The summed E-state index contributed by atoms with van der Waals surface area (Å²) in [5.41, 5.74) is 8.22. The van der Waals surface area contributed by atoms with E-state index in [1.807, 2.05) is 12.1 Å². The molecule has 98 valence electrons. The number of hydrogen-bond donors (Lipinski definition) is 1. The van der Waals surface area contributed by atoms with Crippen molar-refractivity contribution in [3.8, 4) is 0 Å². The second kappa shape index (κ2) is 6.37. The first kappa shape index (κ1) is 14.5. The molecule has 0 aliphatic heterocycles. The van der Waals surface area contributed by atoms with Gasteiger partial charge in [-0.2, -0.15) is 0 Å². The highest BCUT2D eigenvalue weighted by atomic mass is 35.5. The maximum atomic E-state index is 11.3. The van der Waals surface area contributed by atoms with Crippen molar-refractivity contribution in [2.75, 3.05) is 6.61 Å². The zero-order valence-electron chi connectivity index (χ0n) is 9.96. The molecule has 1 aromatic carbocycles. The molecule has 0 aliphatic rings. The number of nitrogens with two attached hydrogens (primary N) is 1. The van der Waals surface area contributed by atoms with Crippen LogP contribution < -0.4 is 5.73 Å². The molecule has 18 heavy (non-hydrogen) atoms. The van der Waals surface area contributed by atoms with Crippen molar-refractivity contribution in [1.29, 1.82) is 0 Å². The fraction of sp³-hybridized carbons (Fsp3) is 0.333. The van der Waals surface area contributed by atoms with Crippen LogP contribution in [0, 0.1) is 0 Å². The minimum Gasteiger partial charge on any atom is -0.466 e. The van der Waals surface area contributed by atoms with Crippen molar-refractivity contribution >= 4 is 29.5 Å². The van der Waals surface area contributed by atoms with Crippen molar-refractivity contribution < 1.29 is 13.9 Å². The maximum absolute atomic E-state index is 11.3. The van der Waals surface area contributed by atoms with E-state index < -0.39 is 0 Å². The molecule has 0 spiro atoms. The lowest BCUT2D eigenvalue weighted by Crippen LogP contribution is -2.17. The van der Waals surface area contributed by atoms with Gasteiger partial charge in [-0.05, 0) is 24.6 Å². The summed E-state index contributed by atoms with van der Waals surface area (Å²) in [6.07, 6.45) is 1.54. The number of halogens is 1. The number of benzene rings is 1. The second-order valence-corrected chi connectivity index (χ2v) is 3.70. The highest BCUT2D eigenvalue weighted by molar-refractivity contribution is 5.85. The molecule has 2 aromatic rings. The lowest BCUT2D eigenvalue weighted by Gasteiger charge is -2.10. The highest BCUT2D eigenvalue weighted by Gasteiger charge is 2.13. The Labute approximate surface area is 111 Å². The first-order chi connectivity index (χ1) is 8.20. The Morgan fingerprint density at radius 1 is 1.56 bits per heavy atom. The fourth-order valence-electron chi connectivity index (χ4n) is 1.62. The van der Waals surface area contributed by atoms with Crippen LogP contribution in [-0.4, -0.2) is 17.6 Å². The SMILES string of the molecule is CCOC(=O)CC(N)c1ccc2ocnc2c1.Cl. The first-order valence-corrected chi connectivity index (χ1v) is 5.45. The van der Waals surface area contributed by atoms with Gasteiger partial charge in [0, 0.05) is 6.04 Å². The first-order valence-electron chi connectivity index (χ1n) is 5.45. The number of nitrogens with zero attached hydrogens (tertiary/aromatic N) is 1. The van der Waals surface area contributed by atoms with Crippen LogP contribution >= 0.6 is 12.4 Å². The Morgan fingerprint density at radius 2 is 2.33 bits per heavy atom. The maximum Gasteiger partial charge on any atom is 0.307 e. The average Bonchev–Trinajstić information content (AvgIpc) is 2.75. The third kappa shape index (κ3) is 3.21. The van der Waals surface area contributed by atoms with Crippen LogP contribution in [-0.2, 0) is 9.53 Å². The van der Waals surface area contributed by atoms with Crippen molar-refractivity contribution in [2.45, 2.75) is 19.4 Å². The number of esters is 1. The van der Waals surface area contributed by atoms with Gasteiger partial charge in [-0.3, -0.25) is 4.79 Å². The molecule has 0 saturated carbocycles. The summed E-state index contributed by atoms with van der Waals surface area (Å²) < 4.78 is 9.98. The lowest BCUT2D eigenvalue weighted by molar-refractivity contribution is -0.143. The minimum atomic E-state index is -0.379. The van der Waals surface area contributed by atoms with E-state index in [4.69, 9.17) is 14.9 Å². The van der Waals surface area contributed by atoms with E-state index in [1.165, 1.54) is 6.39 Å². The Morgan fingerprint density at radius 3 is 3.06 bits per heavy atom. The van der Waals surface area contributed by atoms with Crippen LogP contribution in [0.3, 0.4) is 0 Å². The average molecular weight is 271 g/mol. The molecule has 5 nitrogen and oxygen atoms in total. The summed E-state index contributed by atoms with van der Waals surface area (Å²) in [6, 6.07) is 5.07. The van der Waals surface area contributed by atoms with E-state index in [1.54, 1.807) is 13.0 Å². The van der Waals surface area contributed by atoms with E-state index in [-0.39, 0.29) is 30.8 Å². The van der Waals surface area contributed by atoms with E-state index >= 15 is 0 Å². The molecule has 2 rings (SSSR count). The van der Waals surface area contributed by atoms with E-state index in [0.717, 1.165) is 11.1 Å². The van der Waals surface area contributed by atoms with E-state index in [2.05, 4.69) is 4.98 Å². The predicted octanol–water partition coefficient (Wildman–Crippen LogP) is 2.20. The van der Waals surface area contributed by atoms with E-state index in [9.17, 15) is 4.79 Å². The molecule has 0 amide bonds. The largest absolute Gasteiger partial charge is 0.466 e. The number of ether oxygens (including phenoxy) is 1. The number of fused-ring (bicyclic) bond motifs is 1. The molecule has 1 atom stereocenters. The lowest BCUT2D eigenvalue weighted by atomic mass is 10.0. The fourth-order valence-corrected chi connectivity index (χ4v) is 1.62. The van der Waals surface area contributed by atoms with Crippen LogP contribution in [0.25, 0.3) is 11.1 Å². The van der Waals surface area contributed by atoms with Crippen molar-refractivity contribution in [1.82, 2.24) is 4.98 Å². The van der Waals surface area contributed by atoms with Gasteiger partial charge in [-0.1, -0.05) is 6.07 Å². The van der Waals surface area contributed by atoms with Gasteiger partial charge in [0.1, 0.15) is 5.52 Å². The summed E-state index contributed by atoms with van der Waals surface area (Å²) in [4.78, 5) is 15.3. The molecule has 1 heterocycles. The predicted molar refractivity (Wildman–Crippen MR) is 69.4 cm³/mol. The standard InChI is InChI=1S/C12H14N2O3.ClH/c1-2-16-12(15)6-9(13)8-3-4-11-10(5-8)14-7-17-11;/h3-5,7,9H,2,6,13H2,1H3;1H. The van der Waals surface area contributed by atoms with Gasteiger partial charge in [-0.25, -0.2) is 4.98 Å². The summed E-state index contributed by atoms with van der Waals surface area (Å²) in [7, 11) is 0. The minimum absolute atomic E-state index is 0. The van der Waals surface area contributed by atoms with Crippen LogP contribution in [0.4, 0.5) is 0 Å². The van der Waals surface area contributed by atoms with Crippen LogP contribution in [0.15, 0.2) is 29.0 Å². The van der Waals surface area contributed by atoms with Crippen LogP contribution in [0.5, 0.6) is 0 Å². The molecule has 0 radical (unpaired) electrons. The third-order valence-corrected chi connectivity index (χ3v) is 2.47. The molecule has 2 N–H and O–H groups in total. The number of carbonyl (C=O) groups is 1. The van der Waals surface area contributed by atoms with Gasteiger partial charge in [0.05, 0.1) is 13.0 Å². The molecule has 6 heteroatoms. The molecule has 0 bridgehead atoms. The number of rotatable bonds is 4. The van der Waals surface area contributed by atoms with Gasteiger partial charge < -0.3 is 14.9 Å². The summed E-state index contributed by atoms with van der Waals surface area (Å²) in [6.45, 7) is 2.14. The number of oxazole rings is 1. The molecule has 0 saturated heterocycles. The molecule has 0 fully saturated rings. The highest BCUT2D eigenvalue weighted by Crippen LogP contribution is 2.20. The zero-order chi connectivity index (χ0) is 12.3. The van der Waals surface area contributed by atoms with E-state index in [0.29, 0.717) is 12.2 Å². The number of aromatic nitrogens is 1. The molecular formula is C12H15ClN2O3. The topological polar surface area (TPSA) is 78.4 Å². The van der Waals surface area contributed by atoms with Gasteiger partial charge in [0.2, 0.25) is 0 Å². The Hall–Kier alpha value is -1.59. The van der Waals surface area contributed by atoms with Gasteiger partial charge in [0.25, 0.3) is 0 Å². The Kier molecular flexibility index (Phi) is 5.12. The van der Waals surface area contributed by atoms with Gasteiger partial charge in [0.15, 0.2) is 12.0 Å². The van der Waals surface area contributed by atoms with Crippen molar-refractivity contribution in [3.05, 3.63) is 30.2 Å². The van der Waals surface area contributed by atoms with Gasteiger partial charge in [-0.15, -0.1) is 12.4 Å². The molecule has 0 aliphatic carbocycles. The number of carbonyl (C=O) groups excluding carboxylic acids is 1. The molecular weight excluding hydrogens is 256 g/mol. The molecule has 1 unspecified atom stereocenters.